The molecule has 0 aromatic heterocycles. The monoisotopic (exact) mass is 305 g/mol. The number of rotatable bonds is 4. The first-order valence-corrected chi connectivity index (χ1v) is 8.78. The molecule has 2 rings (SSSR count). The standard InChI is InChI=1S/C13H23NO5S/c1-2-10-3-6-14(12(9-10)13(15)16)20(17,18)11-4-7-19-8-5-11/h10-12H,2-9H2,1H3,(H,15,16). The van der Waals surface area contributed by atoms with Crippen LogP contribution in [0.2, 0.25) is 0 Å². The van der Waals surface area contributed by atoms with Crippen molar-refractivity contribution in [3.8, 4) is 0 Å². The van der Waals surface area contributed by atoms with Gasteiger partial charge in [0.05, 0.1) is 5.25 Å². The van der Waals surface area contributed by atoms with Gasteiger partial charge in [-0.3, -0.25) is 4.79 Å². The molecule has 0 aromatic carbocycles. The average molecular weight is 305 g/mol. The summed E-state index contributed by atoms with van der Waals surface area (Å²) in [7, 11) is -3.54. The zero-order chi connectivity index (χ0) is 14.8. The van der Waals surface area contributed by atoms with Crippen LogP contribution >= 0.6 is 0 Å². The molecule has 2 saturated heterocycles. The smallest absolute Gasteiger partial charge is 0.322 e. The lowest BCUT2D eigenvalue weighted by molar-refractivity contribution is -0.143. The molecule has 6 nitrogen and oxygen atoms in total. The molecular formula is C13H23NO5S. The van der Waals surface area contributed by atoms with Gasteiger partial charge < -0.3 is 9.84 Å². The number of hydrogen-bond acceptors (Lipinski definition) is 4. The second kappa shape index (κ2) is 6.41. The first-order chi connectivity index (χ1) is 9.46. The highest BCUT2D eigenvalue weighted by atomic mass is 32.2. The van der Waals surface area contributed by atoms with Crippen molar-refractivity contribution in [3.63, 3.8) is 0 Å². The minimum Gasteiger partial charge on any atom is -0.480 e. The number of aliphatic carboxylic acids is 1. The molecule has 0 bridgehead atoms. The van der Waals surface area contributed by atoms with E-state index in [2.05, 4.69) is 0 Å². The zero-order valence-corrected chi connectivity index (χ0v) is 12.6. The van der Waals surface area contributed by atoms with E-state index in [1.165, 1.54) is 4.31 Å². The van der Waals surface area contributed by atoms with Gasteiger partial charge in [0.1, 0.15) is 6.04 Å². The van der Waals surface area contributed by atoms with Crippen molar-refractivity contribution in [3.05, 3.63) is 0 Å². The molecule has 0 aliphatic carbocycles. The Hall–Kier alpha value is -0.660. The molecule has 7 heteroatoms. The average Bonchev–Trinajstić information content (AvgIpc) is 2.47. The first-order valence-electron chi connectivity index (χ1n) is 7.28. The lowest BCUT2D eigenvalue weighted by atomic mass is 9.90. The maximum absolute atomic E-state index is 12.7. The van der Waals surface area contributed by atoms with Crippen molar-refractivity contribution in [2.24, 2.45) is 5.92 Å². The molecule has 0 amide bonds. The number of carboxylic acid groups (broad SMARTS) is 1. The van der Waals surface area contributed by atoms with Gasteiger partial charge in [0.15, 0.2) is 0 Å². The van der Waals surface area contributed by atoms with Crippen LogP contribution in [0.1, 0.15) is 39.0 Å². The summed E-state index contributed by atoms with van der Waals surface area (Å²) in [6.45, 7) is 3.22. The van der Waals surface area contributed by atoms with E-state index in [1.54, 1.807) is 0 Å². The number of hydrogen-bond donors (Lipinski definition) is 1. The van der Waals surface area contributed by atoms with Crippen LogP contribution in [0.5, 0.6) is 0 Å². The third-order valence-corrected chi connectivity index (χ3v) is 6.85. The normalized spacial score (nSPS) is 30.2. The number of nitrogens with zero attached hydrogens (tertiary/aromatic N) is 1. The molecule has 2 atom stereocenters. The van der Waals surface area contributed by atoms with E-state index < -0.39 is 27.3 Å². The Morgan fingerprint density at radius 2 is 1.95 bits per heavy atom. The molecule has 0 saturated carbocycles. The molecule has 0 spiro atoms. The number of carbonyl (C=O) groups is 1. The zero-order valence-electron chi connectivity index (χ0n) is 11.8. The van der Waals surface area contributed by atoms with Gasteiger partial charge >= 0.3 is 5.97 Å². The number of ether oxygens (including phenoxy) is 1. The molecule has 0 aromatic rings. The van der Waals surface area contributed by atoms with Crippen LogP contribution in [-0.2, 0) is 19.6 Å². The van der Waals surface area contributed by atoms with E-state index >= 15 is 0 Å². The van der Waals surface area contributed by atoms with E-state index in [9.17, 15) is 18.3 Å². The predicted molar refractivity (Wildman–Crippen MR) is 73.9 cm³/mol. The minimum atomic E-state index is -3.54. The Kier molecular flexibility index (Phi) is 5.04. The van der Waals surface area contributed by atoms with Gasteiger partial charge in [0.25, 0.3) is 0 Å². The molecule has 1 N–H and O–H groups in total. The summed E-state index contributed by atoms with van der Waals surface area (Å²) in [5.74, 6) is -0.726. The van der Waals surface area contributed by atoms with Gasteiger partial charge in [-0.05, 0) is 31.6 Å². The number of sulfonamides is 1. The maximum Gasteiger partial charge on any atom is 0.322 e. The molecule has 2 fully saturated rings. The second-order valence-electron chi connectivity index (χ2n) is 5.62. The summed E-state index contributed by atoms with van der Waals surface area (Å²) >= 11 is 0. The molecule has 2 unspecified atom stereocenters. The lowest BCUT2D eigenvalue weighted by Crippen LogP contribution is -2.53. The van der Waals surface area contributed by atoms with Crippen LogP contribution in [-0.4, -0.2) is 54.8 Å². The fraction of sp³-hybridized carbons (Fsp3) is 0.923. The van der Waals surface area contributed by atoms with Crippen molar-refractivity contribution in [2.45, 2.75) is 50.3 Å². The Bertz CT molecular complexity index is 444. The fourth-order valence-corrected chi connectivity index (χ4v) is 5.14. The lowest BCUT2D eigenvalue weighted by Gasteiger charge is -2.38. The number of carboxylic acids is 1. The third-order valence-electron chi connectivity index (χ3n) is 4.44. The van der Waals surface area contributed by atoms with E-state index in [1.807, 2.05) is 6.92 Å². The molecule has 20 heavy (non-hydrogen) atoms. The van der Waals surface area contributed by atoms with Crippen molar-refractivity contribution in [1.82, 2.24) is 4.31 Å². The highest BCUT2D eigenvalue weighted by molar-refractivity contribution is 7.89. The third kappa shape index (κ3) is 3.15. The maximum atomic E-state index is 12.7. The minimum absolute atomic E-state index is 0.303. The van der Waals surface area contributed by atoms with E-state index in [0.717, 1.165) is 12.8 Å². The van der Waals surface area contributed by atoms with Gasteiger partial charge in [-0.1, -0.05) is 13.3 Å². The van der Waals surface area contributed by atoms with E-state index in [0.29, 0.717) is 44.9 Å². The van der Waals surface area contributed by atoms with E-state index in [4.69, 9.17) is 4.74 Å². The molecule has 2 heterocycles. The van der Waals surface area contributed by atoms with Gasteiger partial charge in [0.2, 0.25) is 10.0 Å². The van der Waals surface area contributed by atoms with Crippen molar-refractivity contribution in [1.29, 1.82) is 0 Å². The van der Waals surface area contributed by atoms with Gasteiger partial charge in [-0.15, -0.1) is 0 Å². The largest absolute Gasteiger partial charge is 0.480 e. The molecule has 116 valence electrons. The summed E-state index contributed by atoms with van der Waals surface area (Å²) < 4.78 is 31.7. The van der Waals surface area contributed by atoms with Crippen LogP contribution in [0, 0.1) is 5.92 Å². The fourth-order valence-electron chi connectivity index (χ4n) is 3.08. The first kappa shape index (κ1) is 15.7. The Morgan fingerprint density at radius 3 is 2.50 bits per heavy atom. The van der Waals surface area contributed by atoms with Crippen molar-refractivity contribution < 1.29 is 23.1 Å². The highest BCUT2D eigenvalue weighted by Gasteiger charge is 2.43. The topological polar surface area (TPSA) is 83.9 Å². The molecule has 2 aliphatic heterocycles. The SMILES string of the molecule is CCC1CCN(S(=O)(=O)C2CCOCC2)C(C(=O)O)C1. The number of piperidine rings is 1. The quantitative estimate of drug-likeness (QED) is 0.840. The molecule has 2 aliphatic rings. The highest BCUT2D eigenvalue weighted by Crippen LogP contribution is 2.31. The Balaban J connectivity index is 2.17. The van der Waals surface area contributed by atoms with Crippen LogP contribution < -0.4 is 0 Å². The van der Waals surface area contributed by atoms with Gasteiger partial charge in [-0.25, -0.2) is 8.42 Å². The Morgan fingerprint density at radius 1 is 1.30 bits per heavy atom. The second-order valence-corrected chi connectivity index (χ2v) is 7.79. The predicted octanol–water partition coefficient (Wildman–Crippen LogP) is 1.07. The summed E-state index contributed by atoms with van der Waals surface area (Å²) in [6, 6.07) is -0.901. The van der Waals surface area contributed by atoms with Gasteiger partial charge in [0, 0.05) is 19.8 Å². The van der Waals surface area contributed by atoms with E-state index in [-0.39, 0.29) is 0 Å². The van der Waals surface area contributed by atoms with Crippen LogP contribution in [0.15, 0.2) is 0 Å². The Labute approximate surface area is 120 Å². The summed E-state index contributed by atoms with van der Waals surface area (Å²) in [5, 5.41) is 8.86. The van der Waals surface area contributed by atoms with Crippen LogP contribution in [0.25, 0.3) is 0 Å². The van der Waals surface area contributed by atoms with Crippen LogP contribution in [0.3, 0.4) is 0 Å². The summed E-state index contributed by atoms with van der Waals surface area (Å²) in [6.07, 6.45) is 3.00. The van der Waals surface area contributed by atoms with Crippen LogP contribution in [0.4, 0.5) is 0 Å². The molecule has 0 radical (unpaired) electrons. The van der Waals surface area contributed by atoms with Crippen molar-refractivity contribution >= 4 is 16.0 Å². The van der Waals surface area contributed by atoms with Gasteiger partial charge in [-0.2, -0.15) is 4.31 Å². The summed E-state index contributed by atoms with van der Waals surface area (Å²) in [5.41, 5.74) is 0. The molecular weight excluding hydrogens is 282 g/mol. The summed E-state index contributed by atoms with van der Waals surface area (Å²) in [4.78, 5) is 11.4. The van der Waals surface area contributed by atoms with Crippen molar-refractivity contribution in [2.75, 3.05) is 19.8 Å².